The van der Waals surface area contributed by atoms with Gasteiger partial charge in [0.1, 0.15) is 11.4 Å². The van der Waals surface area contributed by atoms with Crippen molar-refractivity contribution in [3.05, 3.63) is 12.4 Å². The Morgan fingerprint density at radius 3 is 2.90 bits per heavy atom. The van der Waals surface area contributed by atoms with Gasteiger partial charge in [0.25, 0.3) is 0 Å². The number of ether oxygens (including phenoxy) is 1. The van der Waals surface area contributed by atoms with Gasteiger partial charge in [0.15, 0.2) is 0 Å². The van der Waals surface area contributed by atoms with Crippen molar-refractivity contribution >= 4 is 16.0 Å². The summed E-state index contributed by atoms with van der Waals surface area (Å²) in [6.07, 6.45) is 1.65. The number of aliphatic hydroxyl groups is 1. The first kappa shape index (κ1) is 16.6. The molecule has 1 unspecified atom stereocenters. The normalized spacial score (nSPS) is 13.3. The number of rotatable bonds is 9. The van der Waals surface area contributed by atoms with E-state index in [4.69, 9.17) is 9.84 Å². The Hall–Kier alpha value is -1.49. The maximum Gasteiger partial charge on any atom is 0.325 e. The number of methoxy groups -OCH3 is 1. The molecule has 1 rings (SSSR count). The Labute approximate surface area is 116 Å². The molecule has 0 aliphatic rings. The van der Waals surface area contributed by atoms with Crippen LogP contribution in [0.15, 0.2) is 17.3 Å². The summed E-state index contributed by atoms with van der Waals surface area (Å²) in [4.78, 5) is 10.3. The molecule has 0 aliphatic heterocycles. The molecule has 0 fully saturated rings. The molecule has 114 valence electrons. The van der Waals surface area contributed by atoms with Crippen LogP contribution in [0.3, 0.4) is 0 Å². The Morgan fingerprint density at radius 2 is 2.30 bits per heavy atom. The molecule has 10 heteroatoms. The van der Waals surface area contributed by atoms with Gasteiger partial charge in [-0.25, -0.2) is 13.1 Å². The number of hydrogen-bond acceptors (Lipinski definition) is 6. The third-order valence-electron chi connectivity index (χ3n) is 2.35. The number of nitrogens with one attached hydrogen (secondary N) is 1. The zero-order valence-corrected chi connectivity index (χ0v) is 11.7. The highest BCUT2D eigenvalue weighted by atomic mass is 32.2. The van der Waals surface area contributed by atoms with E-state index in [-0.39, 0.29) is 24.5 Å². The average Bonchev–Trinajstić information content (AvgIpc) is 2.77. The van der Waals surface area contributed by atoms with Gasteiger partial charge in [0, 0.05) is 19.9 Å². The number of carboxylic acid groups (broad SMARTS) is 1. The Kier molecular flexibility index (Phi) is 6.07. The molecule has 3 N–H and O–H groups in total. The van der Waals surface area contributed by atoms with Crippen LogP contribution in [0.2, 0.25) is 0 Å². The summed E-state index contributed by atoms with van der Waals surface area (Å²) in [5.74, 6) is -1.12. The van der Waals surface area contributed by atoms with Gasteiger partial charge in [-0.15, -0.1) is 0 Å². The first-order chi connectivity index (χ1) is 9.35. The molecule has 1 aromatic rings. The Balaban J connectivity index is 2.56. The molecule has 1 heterocycles. The minimum atomic E-state index is -3.76. The lowest BCUT2D eigenvalue weighted by Gasteiger charge is -2.09. The van der Waals surface area contributed by atoms with E-state index >= 15 is 0 Å². The van der Waals surface area contributed by atoms with Crippen molar-refractivity contribution in [1.29, 1.82) is 0 Å². The maximum atomic E-state index is 11.8. The minimum Gasteiger partial charge on any atom is -0.480 e. The molecule has 0 aliphatic carbocycles. The predicted octanol–water partition coefficient (Wildman–Crippen LogP) is -1.36. The van der Waals surface area contributed by atoms with E-state index in [1.54, 1.807) is 0 Å². The van der Waals surface area contributed by atoms with Crippen molar-refractivity contribution in [1.82, 2.24) is 14.5 Å². The van der Waals surface area contributed by atoms with E-state index < -0.39 is 28.6 Å². The molecule has 0 saturated heterocycles. The topological polar surface area (TPSA) is 131 Å². The van der Waals surface area contributed by atoms with Crippen LogP contribution in [0.25, 0.3) is 0 Å². The molecule has 0 radical (unpaired) electrons. The zero-order chi connectivity index (χ0) is 15.2. The number of aliphatic hydroxyl groups excluding tert-OH is 1. The largest absolute Gasteiger partial charge is 0.480 e. The predicted molar refractivity (Wildman–Crippen MR) is 67.6 cm³/mol. The van der Waals surface area contributed by atoms with Crippen LogP contribution < -0.4 is 4.72 Å². The van der Waals surface area contributed by atoms with E-state index in [1.165, 1.54) is 7.11 Å². The number of carboxylic acids is 1. The summed E-state index contributed by atoms with van der Waals surface area (Å²) >= 11 is 0. The van der Waals surface area contributed by atoms with Crippen molar-refractivity contribution in [2.75, 3.05) is 20.3 Å². The summed E-state index contributed by atoms with van der Waals surface area (Å²) in [7, 11) is -2.33. The van der Waals surface area contributed by atoms with Crippen LogP contribution >= 0.6 is 0 Å². The lowest BCUT2D eigenvalue weighted by atomic mass is 10.3. The smallest absolute Gasteiger partial charge is 0.325 e. The van der Waals surface area contributed by atoms with Crippen molar-refractivity contribution in [2.24, 2.45) is 0 Å². The first-order valence-corrected chi connectivity index (χ1v) is 7.24. The third-order valence-corrected chi connectivity index (χ3v) is 3.76. The van der Waals surface area contributed by atoms with Gasteiger partial charge in [-0.1, -0.05) is 0 Å². The summed E-state index contributed by atoms with van der Waals surface area (Å²) in [6.45, 7) is -0.253. The molecule has 0 amide bonds. The second-order valence-corrected chi connectivity index (χ2v) is 5.83. The van der Waals surface area contributed by atoms with Crippen molar-refractivity contribution in [2.45, 2.75) is 24.0 Å². The fourth-order valence-electron chi connectivity index (χ4n) is 1.43. The number of carbonyl (C=O) groups is 1. The zero-order valence-electron chi connectivity index (χ0n) is 10.9. The van der Waals surface area contributed by atoms with E-state index in [0.717, 1.165) is 17.1 Å². The van der Waals surface area contributed by atoms with E-state index in [2.05, 4.69) is 9.82 Å². The molecule has 1 atom stereocenters. The molecule has 0 aromatic carbocycles. The van der Waals surface area contributed by atoms with Crippen molar-refractivity contribution in [3.8, 4) is 0 Å². The fraction of sp³-hybridized carbons (Fsp3) is 0.600. The maximum absolute atomic E-state index is 11.8. The highest BCUT2D eigenvalue weighted by Crippen LogP contribution is 2.07. The van der Waals surface area contributed by atoms with Crippen molar-refractivity contribution in [3.63, 3.8) is 0 Å². The fourth-order valence-corrected chi connectivity index (χ4v) is 2.43. The number of aliphatic carboxylic acids is 1. The van der Waals surface area contributed by atoms with Gasteiger partial charge in [-0.2, -0.15) is 5.10 Å². The van der Waals surface area contributed by atoms with Gasteiger partial charge in [0.05, 0.1) is 18.9 Å². The van der Waals surface area contributed by atoms with Gasteiger partial charge in [-0.3, -0.25) is 9.48 Å². The van der Waals surface area contributed by atoms with E-state index in [9.17, 15) is 18.3 Å². The van der Waals surface area contributed by atoms with E-state index in [1.807, 2.05) is 0 Å². The monoisotopic (exact) mass is 307 g/mol. The second kappa shape index (κ2) is 7.33. The summed E-state index contributed by atoms with van der Waals surface area (Å²) in [6, 6.07) is 0. The van der Waals surface area contributed by atoms with Crippen LogP contribution in [0.4, 0.5) is 0 Å². The molecule has 0 spiro atoms. The molecule has 9 nitrogen and oxygen atoms in total. The summed E-state index contributed by atoms with van der Waals surface area (Å²) < 4.78 is 31.7. The molecule has 20 heavy (non-hydrogen) atoms. The first-order valence-electron chi connectivity index (χ1n) is 5.76. The van der Waals surface area contributed by atoms with Gasteiger partial charge < -0.3 is 14.9 Å². The Morgan fingerprint density at radius 1 is 1.60 bits per heavy atom. The van der Waals surface area contributed by atoms with Gasteiger partial charge in [-0.05, 0) is 6.42 Å². The second-order valence-electron chi connectivity index (χ2n) is 4.06. The molecule has 0 bridgehead atoms. The van der Waals surface area contributed by atoms with Gasteiger partial charge >= 0.3 is 5.97 Å². The highest BCUT2D eigenvalue weighted by Gasteiger charge is 2.17. The lowest BCUT2D eigenvalue weighted by Crippen LogP contribution is -2.28. The van der Waals surface area contributed by atoms with Crippen LogP contribution in [0, 0.1) is 0 Å². The molecular weight excluding hydrogens is 290 g/mol. The number of hydrogen-bond donors (Lipinski definition) is 3. The minimum absolute atomic E-state index is 0.0387. The molecule has 1 aromatic heterocycles. The number of sulfonamides is 1. The molecular formula is C10H17N3O6S. The standard InChI is InChI=1S/C10H17N3O6S/c1-19-7-8(14)2-3-12-20(17,18)9-4-11-13(5-9)6-10(15)16/h4-5,8,12,14H,2-3,6-7H2,1H3,(H,15,16). The van der Waals surface area contributed by atoms with Gasteiger partial charge in [0.2, 0.25) is 10.0 Å². The molecule has 0 saturated carbocycles. The van der Waals surface area contributed by atoms with Crippen LogP contribution in [-0.4, -0.2) is 60.7 Å². The third kappa shape index (κ3) is 5.25. The summed E-state index contributed by atoms with van der Waals surface area (Å²) in [5, 5.41) is 21.6. The number of aromatic nitrogens is 2. The summed E-state index contributed by atoms with van der Waals surface area (Å²) in [5.41, 5.74) is 0. The van der Waals surface area contributed by atoms with Crippen molar-refractivity contribution < 1.29 is 28.2 Å². The quantitative estimate of drug-likeness (QED) is 0.513. The van der Waals surface area contributed by atoms with Crippen LogP contribution in [0.5, 0.6) is 0 Å². The Bertz CT molecular complexity index is 541. The number of nitrogens with zero attached hydrogens (tertiary/aromatic N) is 2. The van der Waals surface area contributed by atoms with Crippen LogP contribution in [0.1, 0.15) is 6.42 Å². The van der Waals surface area contributed by atoms with Crippen LogP contribution in [-0.2, 0) is 26.1 Å². The SMILES string of the molecule is COCC(O)CCNS(=O)(=O)c1cnn(CC(=O)O)c1. The lowest BCUT2D eigenvalue weighted by molar-refractivity contribution is -0.137. The average molecular weight is 307 g/mol. The van der Waals surface area contributed by atoms with E-state index in [0.29, 0.717) is 0 Å². The highest BCUT2D eigenvalue weighted by molar-refractivity contribution is 7.89.